The number of aliphatic hydroxyl groups is 1. The molecule has 0 atom stereocenters. The number of nitrogen functional groups attached to an aromatic ring is 1. The van der Waals surface area contributed by atoms with Crippen molar-refractivity contribution in [1.29, 1.82) is 0 Å². The first-order valence-electron chi connectivity index (χ1n) is 9.28. The van der Waals surface area contributed by atoms with Gasteiger partial charge in [-0.3, -0.25) is 4.79 Å². The minimum absolute atomic E-state index is 0.0152. The van der Waals surface area contributed by atoms with E-state index >= 15 is 0 Å². The van der Waals surface area contributed by atoms with Gasteiger partial charge in [0.2, 0.25) is 0 Å². The molecule has 0 bridgehead atoms. The van der Waals surface area contributed by atoms with Crippen LogP contribution in [-0.4, -0.2) is 47.4 Å². The number of halogens is 1. The molecular formula is C20H16ClN9O2. The zero-order valence-electron chi connectivity index (χ0n) is 16.4. The fourth-order valence-electron chi connectivity index (χ4n) is 2.72. The summed E-state index contributed by atoms with van der Waals surface area (Å²) in [4.78, 5) is 20.6. The monoisotopic (exact) mass is 449 g/mol. The Bertz CT molecular complexity index is 1360. The number of nitrogens with zero attached hydrogens (tertiary/aromatic N) is 6. The number of anilines is 3. The Balaban J connectivity index is 1.51. The van der Waals surface area contributed by atoms with Crippen LogP contribution in [0.1, 0.15) is 22.0 Å². The van der Waals surface area contributed by atoms with Crippen molar-refractivity contribution in [3.63, 3.8) is 0 Å². The predicted octanol–water partition coefficient (Wildman–Crippen LogP) is 1.17. The van der Waals surface area contributed by atoms with E-state index in [0.717, 1.165) is 5.69 Å². The number of nitrogens with two attached hydrogens (primary N) is 1. The summed E-state index contributed by atoms with van der Waals surface area (Å²) in [7, 11) is 0. The third-order valence-corrected chi connectivity index (χ3v) is 4.38. The summed E-state index contributed by atoms with van der Waals surface area (Å²) in [5.41, 5.74) is 7.17. The summed E-state index contributed by atoms with van der Waals surface area (Å²) in [6.45, 7) is -0.323. The Morgan fingerprint density at radius 1 is 1.25 bits per heavy atom. The van der Waals surface area contributed by atoms with Crippen molar-refractivity contribution in [3.8, 4) is 11.8 Å². The van der Waals surface area contributed by atoms with Crippen molar-refractivity contribution in [2.45, 2.75) is 6.54 Å². The van der Waals surface area contributed by atoms with Gasteiger partial charge in [0.1, 0.15) is 12.3 Å². The van der Waals surface area contributed by atoms with Crippen molar-refractivity contribution in [2.24, 2.45) is 0 Å². The predicted molar refractivity (Wildman–Crippen MR) is 117 cm³/mol. The molecule has 11 nitrogen and oxygen atoms in total. The smallest absolute Gasteiger partial charge is 0.274 e. The Morgan fingerprint density at radius 3 is 2.94 bits per heavy atom. The molecule has 0 saturated heterocycles. The maximum Gasteiger partial charge on any atom is 0.274 e. The average Bonchev–Trinajstić information content (AvgIpc) is 3.19. The van der Waals surface area contributed by atoms with Crippen molar-refractivity contribution < 1.29 is 9.90 Å². The van der Waals surface area contributed by atoms with Crippen LogP contribution in [0.15, 0.2) is 42.6 Å². The van der Waals surface area contributed by atoms with Crippen LogP contribution in [0.25, 0.3) is 5.65 Å². The van der Waals surface area contributed by atoms with Crippen molar-refractivity contribution >= 4 is 40.5 Å². The first kappa shape index (κ1) is 21.0. The third kappa shape index (κ3) is 4.72. The number of benzene rings is 1. The summed E-state index contributed by atoms with van der Waals surface area (Å²) in [5, 5.41) is 27.8. The minimum Gasteiger partial charge on any atom is -0.384 e. The number of rotatable bonds is 5. The highest BCUT2D eigenvalue weighted by molar-refractivity contribution is 6.30. The first-order chi connectivity index (χ1) is 15.5. The van der Waals surface area contributed by atoms with Gasteiger partial charge in [0.05, 0.1) is 12.7 Å². The summed E-state index contributed by atoms with van der Waals surface area (Å²) in [6, 6.07) is 10.7. The van der Waals surface area contributed by atoms with Gasteiger partial charge < -0.3 is 21.5 Å². The molecule has 0 aliphatic heterocycles. The van der Waals surface area contributed by atoms with Crippen LogP contribution in [0, 0.1) is 11.8 Å². The first-order valence-corrected chi connectivity index (χ1v) is 9.65. The van der Waals surface area contributed by atoms with E-state index in [2.05, 4.69) is 47.7 Å². The van der Waals surface area contributed by atoms with E-state index in [-0.39, 0.29) is 30.4 Å². The van der Waals surface area contributed by atoms with Gasteiger partial charge in [0, 0.05) is 10.7 Å². The van der Waals surface area contributed by atoms with Gasteiger partial charge in [-0.1, -0.05) is 23.6 Å². The van der Waals surface area contributed by atoms with Crippen molar-refractivity contribution in [1.82, 2.24) is 35.1 Å². The van der Waals surface area contributed by atoms with E-state index in [4.69, 9.17) is 22.4 Å². The van der Waals surface area contributed by atoms with Crippen LogP contribution in [0.2, 0.25) is 5.02 Å². The van der Waals surface area contributed by atoms with E-state index in [0.29, 0.717) is 22.3 Å². The topological polar surface area (TPSA) is 156 Å². The molecule has 3 heterocycles. The van der Waals surface area contributed by atoms with Crippen LogP contribution in [-0.2, 0) is 6.54 Å². The zero-order chi connectivity index (χ0) is 22.5. The van der Waals surface area contributed by atoms with Gasteiger partial charge >= 0.3 is 0 Å². The highest BCUT2D eigenvalue weighted by Gasteiger charge is 2.15. The quantitative estimate of drug-likeness (QED) is 0.328. The lowest BCUT2D eigenvalue weighted by Gasteiger charge is -2.08. The van der Waals surface area contributed by atoms with Crippen molar-refractivity contribution in [2.75, 3.05) is 17.7 Å². The van der Waals surface area contributed by atoms with Gasteiger partial charge in [-0.05, 0) is 36.3 Å². The van der Waals surface area contributed by atoms with Gasteiger partial charge in [-0.15, -0.1) is 15.3 Å². The number of hydrogen-bond acceptors (Lipinski definition) is 9. The zero-order valence-corrected chi connectivity index (χ0v) is 17.2. The fourth-order valence-corrected chi connectivity index (χ4v) is 2.91. The van der Waals surface area contributed by atoms with E-state index < -0.39 is 5.91 Å². The molecule has 0 aliphatic carbocycles. The molecule has 4 aromatic rings. The Morgan fingerprint density at radius 2 is 2.12 bits per heavy atom. The largest absolute Gasteiger partial charge is 0.384 e. The van der Waals surface area contributed by atoms with Crippen LogP contribution in [0.4, 0.5) is 17.3 Å². The lowest BCUT2D eigenvalue weighted by molar-refractivity contribution is 0.0945. The van der Waals surface area contributed by atoms with Crippen LogP contribution in [0.3, 0.4) is 0 Å². The molecule has 0 spiro atoms. The number of aliphatic hydroxyl groups excluding tert-OH is 1. The molecule has 1 aromatic carbocycles. The van der Waals surface area contributed by atoms with Gasteiger partial charge in [0.25, 0.3) is 5.91 Å². The lowest BCUT2D eigenvalue weighted by atomic mass is 10.3. The third-order valence-electron chi connectivity index (χ3n) is 4.14. The molecule has 0 unspecified atom stereocenters. The molecule has 4 rings (SSSR count). The van der Waals surface area contributed by atoms with Crippen molar-refractivity contribution in [3.05, 3.63) is 64.8 Å². The Kier molecular flexibility index (Phi) is 6.07. The maximum atomic E-state index is 12.6. The Hall–Kier alpha value is -4.27. The second-order valence-corrected chi connectivity index (χ2v) is 6.81. The second kappa shape index (κ2) is 9.25. The number of aromatic nitrogens is 6. The fraction of sp³-hybridized carbons (Fsp3) is 0.100. The summed E-state index contributed by atoms with van der Waals surface area (Å²) < 4.78 is 1.51. The molecule has 32 heavy (non-hydrogen) atoms. The molecule has 0 radical (unpaired) electrons. The number of fused-ring (bicyclic) bond motifs is 1. The van der Waals surface area contributed by atoms with E-state index in [1.54, 1.807) is 24.3 Å². The summed E-state index contributed by atoms with van der Waals surface area (Å²) >= 11 is 6.02. The molecule has 0 aliphatic rings. The number of nitrogens with one attached hydrogen (secondary N) is 2. The molecule has 3 aromatic heterocycles. The number of hydrogen-bond donors (Lipinski definition) is 4. The molecule has 1 amide bonds. The minimum atomic E-state index is -0.562. The lowest BCUT2D eigenvalue weighted by Crippen LogP contribution is -2.26. The van der Waals surface area contributed by atoms with Gasteiger partial charge in [0.15, 0.2) is 28.8 Å². The van der Waals surface area contributed by atoms with Crippen LogP contribution < -0.4 is 16.4 Å². The van der Waals surface area contributed by atoms with Crippen LogP contribution in [0.5, 0.6) is 0 Å². The van der Waals surface area contributed by atoms with Gasteiger partial charge in [-0.2, -0.15) is 4.52 Å². The number of carbonyl (C=O) groups is 1. The number of carbonyl (C=O) groups excluding carboxylic acids is 1. The summed E-state index contributed by atoms with van der Waals surface area (Å²) in [6.07, 6.45) is 1.32. The molecular weight excluding hydrogens is 434 g/mol. The molecule has 12 heteroatoms. The van der Waals surface area contributed by atoms with E-state index in [1.807, 2.05) is 12.1 Å². The Labute approximate surface area is 186 Å². The summed E-state index contributed by atoms with van der Waals surface area (Å²) in [5.74, 6) is 5.34. The normalized spacial score (nSPS) is 10.4. The molecule has 0 saturated carbocycles. The highest BCUT2D eigenvalue weighted by Crippen LogP contribution is 2.19. The molecule has 5 N–H and O–H groups in total. The standard InChI is InChI=1S/C20H16ClN9O2/c21-12-3-1-4-13(9-12)25-15-6-7-16-27-28-17(30(16)29-15)11-24-20(32)18-19(22)23-10-14(26-18)5-2-8-31/h1,3-4,6-7,9-10,31H,8,11H2,(H2,22,23)(H,24,32)(H,25,29). The van der Waals surface area contributed by atoms with Gasteiger partial charge in [-0.25, -0.2) is 9.97 Å². The maximum absolute atomic E-state index is 12.6. The molecule has 0 fully saturated rings. The van der Waals surface area contributed by atoms with E-state index in [1.165, 1.54) is 10.7 Å². The average molecular weight is 450 g/mol. The molecule has 160 valence electrons. The SMILES string of the molecule is Nc1ncc(C#CCO)nc1C(=O)NCc1nnc2ccc(Nc3cccc(Cl)c3)nn12. The van der Waals surface area contributed by atoms with Crippen LogP contribution >= 0.6 is 11.6 Å². The van der Waals surface area contributed by atoms with E-state index in [9.17, 15) is 4.79 Å². The highest BCUT2D eigenvalue weighted by atomic mass is 35.5. The number of amides is 1. The second-order valence-electron chi connectivity index (χ2n) is 6.37.